The first-order valence-corrected chi connectivity index (χ1v) is 5.60. The van der Waals surface area contributed by atoms with Crippen molar-refractivity contribution in [2.24, 2.45) is 12.8 Å². The molecule has 0 radical (unpaired) electrons. The second kappa shape index (κ2) is 4.49. The van der Waals surface area contributed by atoms with Crippen molar-refractivity contribution in [3.8, 4) is 5.69 Å². The normalized spacial score (nSPS) is 12.7. The number of aryl methyl sites for hydroxylation is 1. The Balaban J connectivity index is 2.25. The number of nitrogens with two attached hydrogens (primary N) is 1. The van der Waals surface area contributed by atoms with Crippen molar-refractivity contribution in [2.45, 2.75) is 19.4 Å². The Morgan fingerprint density at radius 1 is 1.31 bits per heavy atom. The highest BCUT2D eigenvalue weighted by atomic mass is 15.1. The molecular weight excluding hydrogens is 198 g/mol. The Kier molecular flexibility index (Phi) is 3.06. The first kappa shape index (κ1) is 10.9. The quantitative estimate of drug-likeness (QED) is 0.779. The molecule has 16 heavy (non-hydrogen) atoms. The van der Waals surface area contributed by atoms with Crippen molar-refractivity contribution in [3.05, 3.63) is 48.5 Å². The van der Waals surface area contributed by atoms with Crippen molar-refractivity contribution in [1.29, 1.82) is 0 Å². The third-order valence-electron chi connectivity index (χ3n) is 2.83. The maximum atomic E-state index is 5.98. The number of hydrogen-bond acceptors (Lipinski definition) is 1. The third kappa shape index (κ3) is 2.14. The van der Waals surface area contributed by atoms with Crippen molar-refractivity contribution in [1.82, 2.24) is 4.57 Å². The van der Waals surface area contributed by atoms with E-state index in [0.717, 1.165) is 12.1 Å². The lowest BCUT2D eigenvalue weighted by Crippen LogP contribution is -2.27. The summed E-state index contributed by atoms with van der Waals surface area (Å²) in [5, 5.41) is 0. The first-order chi connectivity index (χ1) is 7.70. The van der Waals surface area contributed by atoms with E-state index in [4.69, 9.17) is 5.73 Å². The highest BCUT2D eigenvalue weighted by Gasteiger charge is 2.06. The fourth-order valence-corrected chi connectivity index (χ4v) is 1.73. The summed E-state index contributed by atoms with van der Waals surface area (Å²) >= 11 is 0. The standard InChI is InChI=1S/C13H18N3/c1-3-13(14)11-4-6-12(7-5-11)16-9-8-15(2)10-16/h4-10,13H,3,14H2,1-2H3/q+1. The summed E-state index contributed by atoms with van der Waals surface area (Å²) in [6, 6.07) is 8.55. The van der Waals surface area contributed by atoms with Crippen LogP contribution in [0.25, 0.3) is 5.69 Å². The van der Waals surface area contributed by atoms with Gasteiger partial charge in [0, 0.05) is 6.04 Å². The maximum Gasteiger partial charge on any atom is 0.248 e. The smallest absolute Gasteiger partial charge is 0.248 e. The van der Waals surface area contributed by atoms with Crippen LogP contribution in [0.2, 0.25) is 0 Å². The van der Waals surface area contributed by atoms with Gasteiger partial charge in [-0.1, -0.05) is 19.1 Å². The van der Waals surface area contributed by atoms with E-state index in [2.05, 4.69) is 35.8 Å². The molecule has 3 nitrogen and oxygen atoms in total. The Bertz CT molecular complexity index is 456. The van der Waals surface area contributed by atoms with E-state index < -0.39 is 0 Å². The van der Waals surface area contributed by atoms with Gasteiger partial charge in [-0.15, -0.1) is 0 Å². The zero-order chi connectivity index (χ0) is 11.5. The van der Waals surface area contributed by atoms with Gasteiger partial charge in [-0.05, 0) is 24.1 Å². The van der Waals surface area contributed by atoms with Crippen molar-refractivity contribution >= 4 is 0 Å². The van der Waals surface area contributed by atoms with Crippen LogP contribution in [-0.4, -0.2) is 4.57 Å². The van der Waals surface area contributed by atoms with Gasteiger partial charge in [-0.2, -0.15) is 0 Å². The van der Waals surface area contributed by atoms with Crippen LogP contribution in [-0.2, 0) is 7.05 Å². The van der Waals surface area contributed by atoms with Crippen LogP contribution in [0.4, 0.5) is 0 Å². The largest absolute Gasteiger partial charge is 0.324 e. The Morgan fingerprint density at radius 2 is 2.00 bits per heavy atom. The zero-order valence-electron chi connectivity index (χ0n) is 9.80. The molecule has 2 rings (SSSR count). The first-order valence-electron chi connectivity index (χ1n) is 5.60. The van der Waals surface area contributed by atoms with Crippen LogP contribution in [0.5, 0.6) is 0 Å². The summed E-state index contributed by atoms with van der Waals surface area (Å²) in [6.07, 6.45) is 7.06. The molecule has 0 saturated carbocycles. The molecule has 1 aromatic heterocycles. The second-order valence-corrected chi connectivity index (χ2v) is 4.09. The fourth-order valence-electron chi connectivity index (χ4n) is 1.73. The number of aromatic nitrogens is 2. The summed E-state index contributed by atoms with van der Waals surface area (Å²) in [6.45, 7) is 2.10. The van der Waals surface area contributed by atoms with E-state index in [-0.39, 0.29) is 6.04 Å². The van der Waals surface area contributed by atoms with Gasteiger partial charge in [0.15, 0.2) is 0 Å². The summed E-state index contributed by atoms with van der Waals surface area (Å²) in [5.74, 6) is 0. The Hall–Kier alpha value is -1.61. The van der Waals surface area contributed by atoms with Crippen LogP contribution in [0.15, 0.2) is 43.0 Å². The predicted octanol–water partition coefficient (Wildman–Crippen LogP) is 1.71. The van der Waals surface area contributed by atoms with Gasteiger partial charge < -0.3 is 5.73 Å². The van der Waals surface area contributed by atoms with E-state index in [0.29, 0.717) is 0 Å². The van der Waals surface area contributed by atoms with Crippen LogP contribution in [0.1, 0.15) is 24.9 Å². The van der Waals surface area contributed by atoms with Crippen molar-refractivity contribution in [2.75, 3.05) is 0 Å². The van der Waals surface area contributed by atoms with Gasteiger partial charge in [0.05, 0.1) is 7.05 Å². The van der Waals surface area contributed by atoms with Gasteiger partial charge in [-0.3, -0.25) is 0 Å². The van der Waals surface area contributed by atoms with Crippen molar-refractivity contribution in [3.63, 3.8) is 0 Å². The Labute approximate surface area is 96.1 Å². The van der Waals surface area contributed by atoms with Crippen LogP contribution >= 0.6 is 0 Å². The maximum absolute atomic E-state index is 5.98. The topological polar surface area (TPSA) is 34.8 Å². The molecular formula is C13H18N3+. The number of imidazole rings is 1. The minimum atomic E-state index is 0.148. The molecule has 3 heteroatoms. The number of nitrogens with zero attached hydrogens (tertiary/aromatic N) is 2. The van der Waals surface area contributed by atoms with Gasteiger partial charge in [0.2, 0.25) is 6.33 Å². The molecule has 84 valence electrons. The van der Waals surface area contributed by atoms with E-state index in [1.54, 1.807) is 0 Å². The molecule has 1 aromatic carbocycles. The van der Waals surface area contributed by atoms with Gasteiger partial charge >= 0.3 is 0 Å². The average molecular weight is 216 g/mol. The van der Waals surface area contributed by atoms with Gasteiger partial charge in [-0.25, -0.2) is 9.13 Å². The number of hydrogen-bond donors (Lipinski definition) is 1. The summed E-state index contributed by atoms with van der Waals surface area (Å²) in [5.41, 5.74) is 8.33. The zero-order valence-corrected chi connectivity index (χ0v) is 9.80. The molecule has 0 aliphatic rings. The monoisotopic (exact) mass is 216 g/mol. The minimum Gasteiger partial charge on any atom is -0.324 e. The molecule has 1 atom stereocenters. The summed E-state index contributed by atoms with van der Waals surface area (Å²) in [7, 11) is 2.01. The van der Waals surface area contributed by atoms with Crippen LogP contribution in [0, 0.1) is 0 Å². The molecule has 0 aliphatic carbocycles. The molecule has 2 aromatic rings. The summed E-state index contributed by atoms with van der Waals surface area (Å²) in [4.78, 5) is 0. The molecule has 0 bridgehead atoms. The molecule has 0 spiro atoms. The molecule has 1 unspecified atom stereocenters. The van der Waals surface area contributed by atoms with E-state index in [9.17, 15) is 0 Å². The minimum absolute atomic E-state index is 0.148. The molecule has 0 aliphatic heterocycles. The van der Waals surface area contributed by atoms with Crippen LogP contribution < -0.4 is 10.3 Å². The molecule has 0 amide bonds. The lowest BCUT2D eigenvalue weighted by Gasteiger charge is -2.08. The third-order valence-corrected chi connectivity index (χ3v) is 2.83. The average Bonchev–Trinajstić information content (AvgIpc) is 2.75. The predicted molar refractivity (Wildman–Crippen MR) is 64.2 cm³/mol. The van der Waals surface area contributed by atoms with E-state index in [1.165, 1.54) is 5.56 Å². The molecule has 2 N–H and O–H groups in total. The van der Waals surface area contributed by atoms with Gasteiger partial charge in [0.1, 0.15) is 18.1 Å². The Morgan fingerprint density at radius 3 is 2.50 bits per heavy atom. The lowest BCUT2D eigenvalue weighted by molar-refractivity contribution is -0.595. The molecule has 0 saturated heterocycles. The SMILES string of the molecule is CCC(N)c1ccc(-[n+]2ccn(C)c2)cc1. The summed E-state index contributed by atoms with van der Waals surface area (Å²) < 4.78 is 4.10. The molecule has 1 heterocycles. The lowest BCUT2D eigenvalue weighted by atomic mass is 10.1. The highest BCUT2D eigenvalue weighted by Crippen LogP contribution is 2.14. The van der Waals surface area contributed by atoms with E-state index in [1.807, 2.05) is 30.3 Å². The van der Waals surface area contributed by atoms with Gasteiger partial charge in [0.25, 0.3) is 0 Å². The van der Waals surface area contributed by atoms with Crippen molar-refractivity contribution < 1.29 is 4.57 Å². The number of rotatable bonds is 3. The fraction of sp³-hybridized carbons (Fsp3) is 0.308. The van der Waals surface area contributed by atoms with E-state index >= 15 is 0 Å². The highest BCUT2D eigenvalue weighted by molar-refractivity contribution is 5.29. The van der Waals surface area contributed by atoms with Crippen LogP contribution in [0.3, 0.4) is 0 Å². The second-order valence-electron chi connectivity index (χ2n) is 4.09. The number of benzene rings is 1. The molecule has 0 fully saturated rings.